The number of benzene rings is 1. The van der Waals surface area contributed by atoms with Crippen molar-refractivity contribution in [3.8, 4) is 0 Å². The van der Waals surface area contributed by atoms with Crippen molar-refractivity contribution in [3.63, 3.8) is 0 Å². The third-order valence-corrected chi connectivity index (χ3v) is 3.80. The van der Waals surface area contributed by atoms with Crippen LogP contribution in [0.3, 0.4) is 0 Å². The maximum atomic E-state index is 12.4. The van der Waals surface area contributed by atoms with Crippen LogP contribution in [0.2, 0.25) is 0 Å². The molecule has 3 amide bonds. The number of morpholine rings is 1. The fourth-order valence-corrected chi connectivity index (χ4v) is 2.48. The second kappa shape index (κ2) is 9.87. The summed E-state index contributed by atoms with van der Waals surface area (Å²) in [5.41, 5.74) is -0.229. The van der Waals surface area contributed by atoms with Gasteiger partial charge in [-0.15, -0.1) is 0 Å². The normalized spacial score (nSPS) is 14.0. The van der Waals surface area contributed by atoms with Crippen LogP contribution in [0.15, 0.2) is 18.2 Å². The number of alkyl halides is 3. The molecule has 0 bridgehead atoms. The minimum atomic E-state index is -4.66. The monoisotopic (exact) mass is 434 g/mol. The molecule has 0 radical (unpaired) electrons. The number of imide groups is 1. The molecule has 2 rings (SSSR count). The molecule has 14 heteroatoms. The number of anilines is 1. The second-order valence-corrected chi connectivity index (χ2v) is 5.98. The first-order valence-electron chi connectivity index (χ1n) is 8.49. The summed E-state index contributed by atoms with van der Waals surface area (Å²) < 4.78 is 46.0. The lowest BCUT2D eigenvalue weighted by atomic mass is 10.1. The maximum absolute atomic E-state index is 12.4. The molecule has 0 aromatic heterocycles. The molecule has 11 nitrogen and oxygen atoms in total. The molecule has 1 aromatic carbocycles. The van der Waals surface area contributed by atoms with Crippen molar-refractivity contribution in [1.82, 2.24) is 10.6 Å². The van der Waals surface area contributed by atoms with Crippen LogP contribution in [0.25, 0.3) is 0 Å². The number of carbonyl (C=O) groups excluding carboxylic acids is 3. The van der Waals surface area contributed by atoms with Crippen LogP contribution in [-0.2, 0) is 14.3 Å². The molecule has 30 heavy (non-hydrogen) atoms. The number of ether oxygens (including phenoxy) is 2. The highest BCUT2D eigenvalue weighted by Gasteiger charge is 2.28. The molecule has 0 saturated carbocycles. The highest BCUT2D eigenvalue weighted by molar-refractivity contribution is 5.99. The Balaban J connectivity index is 2.02. The summed E-state index contributed by atoms with van der Waals surface area (Å²) in [4.78, 5) is 47.3. The van der Waals surface area contributed by atoms with Gasteiger partial charge >= 0.3 is 18.2 Å². The smallest absolute Gasteiger partial charge is 0.405 e. The molecule has 1 heterocycles. The minimum Gasteiger partial charge on any atom is -0.452 e. The Morgan fingerprint density at radius 1 is 1.23 bits per heavy atom. The average molecular weight is 434 g/mol. The van der Waals surface area contributed by atoms with E-state index < -0.39 is 42.2 Å². The van der Waals surface area contributed by atoms with Gasteiger partial charge in [0.1, 0.15) is 6.54 Å². The predicted octanol–water partition coefficient (Wildman–Crippen LogP) is 0.976. The van der Waals surface area contributed by atoms with E-state index in [2.05, 4.69) is 0 Å². The van der Waals surface area contributed by atoms with Crippen LogP contribution in [0.5, 0.6) is 0 Å². The van der Waals surface area contributed by atoms with Gasteiger partial charge in [-0.05, 0) is 6.07 Å². The van der Waals surface area contributed by atoms with Gasteiger partial charge in [0.05, 0.1) is 29.4 Å². The number of non-ortho nitro benzene ring substituents is 1. The van der Waals surface area contributed by atoms with Crippen molar-refractivity contribution in [2.75, 3.05) is 44.4 Å². The lowest BCUT2D eigenvalue weighted by Crippen LogP contribution is -2.44. The standard InChI is InChI=1S/C16H17F3N4O7/c17-16(18,19)9-20-15(26)21-13(24)8-30-14(25)11-7-10(23(27)28)1-2-12(11)22-3-5-29-6-4-22/h1-2,7H,3-6,8-9H2,(H2,20,21,24,26). The van der Waals surface area contributed by atoms with E-state index in [1.54, 1.807) is 10.2 Å². The number of hydrogen-bond acceptors (Lipinski definition) is 8. The Labute approximate surface area is 167 Å². The fraction of sp³-hybridized carbons (Fsp3) is 0.438. The summed E-state index contributed by atoms with van der Waals surface area (Å²) in [5.74, 6) is -2.26. The number of nitro benzene ring substituents is 1. The Kier molecular flexibility index (Phi) is 7.52. The van der Waals surface area contributed by atoms with Crippen molar-refractivity contribution in [3.05, 3.63) is 33.9 Å². The number of amides is 3. The van der Waals surface area contributed by atoms with Gasteiger partial charge < -0.3 is 19.7 Å². The van der Waals surface area contributed by atoms with E-state index in [4.69, 9.17) is 9.47 Å². The third kappa shape index (κ3) is 6.88. The topological polar surface area (TPSA) is 140 Å². The summed E-state index contributed by atoms with van der Waals surface area (Å²) in [6.07, 6.45) is -4.66. The van der Waals surface area contributed by atoms with Crippen LogP contribution in [-0.4, -0.2) is 68.5 Å². The van der Waals surface area contributed by atoms with Gasteiger partial charge in [-0.3, -0.25) is 20.2 Å². The predicted molar refractivity (Wildman–Crippen MR) is 94.0 cm³/mol. The zero-order chi connectivity index (χ0) is 22.3. The molecular formula is C16H17F3N4O7. The van der Waals surface area contributed by atoms with Crippen LogP contribution in [0.1, 0.15) is 10.4 Å². The van der Waals surface area contributed by atoms with Crippen molar-refractivity contribution in [2.24, 2.45) is 0 Å². The maximum Gasteiger partial charge on any atom is 0.405 e. The number of esters is 1. The summed E-state index contributed by atoms with van der Waals surface area (Å²) in [6, 6.07) is 2.14. The SMILES string of the molecule is O=C(COC(=O)c1cc([N+](=O)[O-])ccc1N1CCOCC1)NC(=O)NCC(F)(F)F. The Hall–Kier alpha value is -3.42. The number of nitrogens with one attached hydrogen (secondary N) is 2. The van der Waals surface area contributed by atoms with Crippen LogP contribution >= 0.6 is 0 Å². The quantitative estimate of drug-likeness (QED) is 0.384. The number of nitrogens with zero attached hydrogens (tertiary/aromatic N) is 2. The Morgan fingerprint density at radius 2 is 1.90 bits per heavy atom. The third-order valence-electron chi connectivity index (χ3n) is 3.80. The number of urea groups is 1. The average Bonchev–Trinajstić information content (AvgIpc) is 2.70. The van der Waals surface area contributed by atoms with Gasteiger partial charge in [-0.1, -0.05) is 0 Å². The van der Waals surface area contributed by atoms with Gasteiger partial charge in [0.2, 0.25) is 0 Å². The molecule has 1 aliphatic heterocycles. The molecule has 2 N–H and O–H groups in total. The highest BCUT2D eigenvalue weighted by atomic mass is 19.4. The van der Waals surface area contributed by atoms with Crippen molar-refractivity contribution in [2.45, 2.75) is 6.18 Å². The Morgan fingerprint density at radius 3 is 2.50 bits per heavy atom. The first kappa shape index (κ1) is 22.9. The summed E-state index contributed by atoms with van der Waals surface area (Å²) >= 11 is 0. The number of halogens is 3. The van der Waals surface area contributed by atoms with E-state index in [1.165, 1.54) is 17.4 Å². The molecule has 1 fully saturated rings. The minimum absolute atomic E-state index is 0.180. The molecule has 1 saturated heterocycles. The molecule has 164 valence electrons. The van der Waals surface area contributed by atoms with E-state index in [9.17, 15) is 37.7 Å². The first-order chi connectivity index (χ1) is 14.1. The molecule has 0 unspecified atom stereocenters. The van der Waals surface area contributed by atoms with Crippen molar-refractivity contribution in [1.29, 1.82) is 0 Å². The van der Waals surface area contributed by atoms with Crippen LogP contribution in [0.4, 0.5) is 29.3 Å². The summed E-state index contributed by atoms with van der Waals surface area (Å²) in [5, 5.41) is 14.0. The zero-order valence-electron chi connectivity index (χ0n) is 15.4. The van der Waals surface area contributed by atoms with E-state index >= 15 is 0 Å². The van der Waals surface area contributed by atoms with Crippen LogP contribution < -0.4 is 15.5 Å². The van der Waals surface area contributed by atoms with Crippen molar-refractivity contribution >= 4 is 29.3 Å². The van der Waals surface area contributed by atoms with Gasteiger partial charge in [0.15, 0.2) is 6.61 Å². The van der Waals surface area contributed by atoms with Crippen LogP contribution in [0, 0.1) is 10.1 Å². The van der Waals surface area contributed by atoms with Gasteiger partial charge in [-0.2, -0.15) is 13.2 Å². The summed E-state index contributed by atoms with van der Waals surface area (Å²) in [6.45, 7) is -1.05. The van der Waals surface area contributed by atoms with E-state index in [-0.39, 0.29) is 11.3 Å². The summed E-state index contributed by atoms with van der Waals surface area (Å²) in [7, 11) is 0. The van der Waals surface area contributed by atoms with E-state index in [0.717, 1.165) is 6.07 Å². The first-order valence-corrected chi connectivity index (χ1v) is 8.49. The fourth-order valence-electron chi connectivity index (χ4n) is 2.48. The number of hydrogen-bond donors (Lipinski definition) is 2. The van der Waals surface area contributed by atoms with Gasteiger partial charge in [-0.25, -0.2) is 9.59 Å². The van der Waals surface area contributed by atoms with E-state index in [0.29, 0.717) is 32.0 Å². The molecule has 0 spiro atoms. The lowest BCUT2D eigenvalue weighted by molar-refractivity contribution is -0.384. The molecule has 1 aliphatic rings. The number of nitro groups is 1. The lowest BCUT2D eigenvalue weighted by Gasteiger charge is -2.30. The second-order valence-electron chi connectivity index (χ2n) is 5.98. The highest BCUT2D eigenvalue weighted by Crippen LogP contribution is 2.27. The Bertz CT molecular complexity index is 826. The number of rotatable bonds is 6. The molecule has 0 aliphatic carbocycles. The zero-order valence-corrected chi connectivity index (χ0v) is 15.4. The van der Waals surface area contributed by atoms with E-state index in [1.807, 2.05) is 0 Å². The largest absolute Gasteiger partial charge is 0.452 e. The molecule has 0 atom stereocenters. The van der Waals surface area contributed by atoms with Gasteiger partial charge in [0.25, 0.3) is 11.6 Å². The van der Waals surface area contributed by atoms with Gasteiger partial charge in [0, 0.05) is 25.2 Å². The molecule has 1 aromatic rings. The molecular weight excluding hydrogens is 417 g/mol. The van der Waals surface area contributed by atoms with Crippen molar-refractivity contribution < 1.29 is 42.0 Å². The number of carbonyl (C=O) groups is 3.